The van der Waals surface area contributed by atoms with Crippen molar-refractivity contribution in [2.45, 2.75) is 26.5 Å². The molecule has 3 aromatic carbocycles. The fraction of sp³-hybridized carbons (Fsp3) is 0.182. The molecule has 0 saturated carbocycles. The number of aryl methyl sites for hydroxylation is 1. The van der Waals surface area contributed by atoms with Gasteiger partial charge in [-0.2, -0.15) is 0 Å². The Labute approximate surface area is 168 Å². The largest absolute Gasteiger partial charge is 0.486 e. The van der Waals surface area contributed by atoms with Crippen molar-refractivity contribution in [1.82, 2.24) is 0 Å². The Morgan fingerprint density at radius 3 is 2.04 bits per heavy atom. The minimum Gasteiger partial charge on any atom is -0.486 e. The maximum absolute atomic E-state index is 13.0. The molecule has 0 fully saturated rings. The van der Waals surface area contributed by atoms with Crippen molar-refractivity contribution in [3.8, 4) is 5.75 Å². The molecule has 0 spiro atoms. The molecule has 140 valence electrons. The fourth-order valence-corrected chi connectivity index (χ4v) is 3.29. The molecule has 0 heterocycles. The molecule has 0 bridgehead atoms. The smallest absolute Gasteiger partial charge is 0.156 e. The van der Waals surface area contributed by atoms with Crippen LogP contribution in [0.2, 0.25) is 10.0 Å². The second kappa shape index (κ2) is 9.12. The highest BCUT2D eigenvalue weighted by molar-refractivity contribution is 6.37. The molecule has 0 aliphatic carbocycles. The van der Waals surface area contributed by atoms with E-state index in [1.807, 2.05) is 12.1 Å². The first-order valence-electron chi connectivity index (χ1n) is 8.73. The van der Waals surface area contributed by atoms with Crippen molar-refractivity contribution in [2.75, 3.05) is 5.32 Å². The van der Waals surface area contributed by atoms with E-state index in [1.165, 1.54) is 17.7 Å². The molecular formula is C22H20Cl2FNO. The molecule has 0 unspecified atom stereocenters. The third kappa shape index (κ3) is 5.38. The van der Waals surface area contributed by atoms with Gasteiger partial charge in [-0.05, 0) is 59.5 Å². The number of rotatable bonds is 7. The molecule has 2 nitrogen and oxygen atoms in total. The summed E-state index contributed by atoms with van der Waals surface area (Å²) < 4.78 is 18.7. The van der Waals surface area contributed by atoms with Gasteiger partial charge in [-0.25, -0.2) is 4.39 Å². The standard InChI is InChI=1S/C22H20Cl2FNO/c1-2-15-5-9-19(10-6-15)26-13-17-11-20(23)22(21(24)12-17)27-14-16-3-7-18(25)8-4-16/h3-12,26H,2,13-14H2,1H3. The Bertz CT molecular complexity index is 872. The van der Waals surface area contributed by atoms with Gasteiger partial charge in [0.25, 0.3) is 0 Å². The maximum atomic E-state index is 13.0. The van der Waals surface area contributed by atoms with Crippen LogP contribution in [0.1, 0.15) is 23.6 Å². The number of ether oxygens (including phenoxy) is 1. The van der Waals surface area contributed by atoms with Gasteiger partial charge in [0.05, 0.1) is 10.0 Å². The van der Waals surface area contributed by atoms with E-state index < -0.39 is 0 Å². The fourth-order valence-electron chi connectivity index (χ4n) is 2.65. The van der Waals surface area contributed by atoms with Gasteiger partial charge in [0, 0.05) is 12.2 Å². The summed E-state index contributed by atoms with van der Waals surface area (Å²) in [6.45, 7) is 3.00. The van der Waals surface area contributed by atoms with Gasteiger partial charge in [-0.15, -0.1) is 0 Å². The molecule has 0 amide bonds. The van der Waals surface area contributed by atoms with E-state index in [-0.39, 0.29) is 12.4 Å². The SMILES string of the molecule is CCc1ccc(NCc2cc(Cl)c(OCc3ccc(F)cc3)c(Cl)c2)cc1. The van der Waals surface area contributed by atoms with Crippen molar-refractivity contribution in [1.29, 1.82) is 0 Å². The van der Waals surface area contributed by atoms with Gasteiger partial charge in [0.1, 0.15) is 12.4 Å². The molecule has 27 heavy (non-hydrogen) atoms. The lowest BCUT2D eigenvalue weighted by Gasteiger charge is -2.13. The predicted molar refractivity (Wildman–Crippen MR) is 110 cm³/mol. The highest BCUT2D eigenvalue weighted by Crippen LogP contribution is 2.35. The van der Waals surface area contributed by atoms with Crippen LogP contribution in [0.3, 0.4) is 0 Å². The van der Waals surface area contributed by atoms with Crippen LogP contribution < -0.4 is 10.1 Å². The average Bonchev–Trinajstić information content (AvgIpc) is 2.67. The van der Waals surface area contributed by atoms with E-state index in [9.17, 15) is 4.39 Å². The van der Waals surface area contributed by atoms with Gasteiger partial charge >= 0.3 is 0 Å². The molecule has 0 atom stereocenters. The summed E-state index contributed by atoms with van der Waals surface area (Å²) in [5.74, 6) is 0.148. The molecule has 0 aliphatic rings. The van der Waals surface area contributed by atoms with Crippen LogP contribution in [0.5, 0.6) is 5.75 Å². The van der Waals surface area contributed by atoms with E-state index in [4.69, 9.17) is 27.9 Å². The second-order valence-corrected chi connectivity index (χ2v) is 7.02. The Hall–Kier alpha value is -2.23. The molecule has 3 aromatic rings. The predicted octanol–water partition coefficient (Wildman–Crippen LogP) is 6.89. The van der Waals surface area contributed by atoms with Crippen molar-refractivity contribution in [3.05, 3.63) is 93.2 Å². The van der Waals surface area contributed by atoms with Crippen LogP contribution in [-0.2, 0) is 19.6 Å². The average molecular weight is 404 g/mol. The topological polar surface area (TPSA) is 21.3 Å². The van der Waals surface area contributed by atoms with Gasteiger partial charge in [-0.3, -0.25) is 0 Å². The van der Waals surface area contributed by atoms with Crippen LogP contribution in [0.4, 0.5) is 10.1 Å². The first-order chi connectivity index (χ1) is 13.0. The summed E-state index contributed by atoms with van der Waals surface area (Å²) in [5, 5.41) is 4.25. The Kier molecular flexibility index (Phi) is 6.59. The van der Waals surface area contributed by atoms with Gasteiger partial charge in [-0.1, -0.05) is 54.4 Å². The number of benzene rings is 3. The molecule has 0 radical (unpaired) electrons. The lowest BCUT2D eigenvalue weighted by Crippen LogP contribution is -2.01. The molecule has 3 rings (SSSR count). The summed E-state index contributed by atoms with van der Waals surface area (Å²) in [4.78, 5) is 0. The summed E-state index contributed by atoms with van der Waals surface area (Å²) in [5.41, 5.74) is 4.13. The third-order valence-electron chi connectivity index (χ3n) is 4.21. The molecule has 5 heteroatoms. The monoisotopic (exact) mass is 403 g/mol. The van der Waals surface area contributed by atoms with Gasteiger partial charge in [0.2, 0.25) is 0 Å². The Morgan fingerprint density at radius 2 is 1.44 bits per heavy atom. The molecule has 0 aromatic heterocycles. The van der Waals surface area contributed by atoms with E-state index in [1.54, 1.807) is 12.1 Å². The minimum absolute atomic E-state index is 0.265. The number of nitrogens with one attached hydrogen (secondary N) is 1. The third-order valence-corrected chi connectivity index (χ3v) is 4.77. The summed E-state index contributed by atoms with van der Waals surface area (Å²) in [7, 11) is 0. The normalized spacial score (nSPS) is 10.7. The minimum atomic E-state index is -0.281. The van der Waals surface area contributed by atoms with Crippen molar-refractivity contribution >= 4 is 28.9 Å². The van der Waals surface area contributed by atoms with Crippen LogP contribution in [-0.4, -0.2) is 0 Å². The Balaban J connectivity index is 1.63. The number of anilines is 1. The summed E-state index contributed by atoms with van der Waals surface area (Å²) in [6.07, 6.45) is 1.02. The first-order valence-corrected chi connectivity index (χ1v) is 9.48. The maximum Gasteiger partial charge on any atom is 0.156 e. The van der Waals surface area contributed by atoms with Gasteiger partial charge < -0.3 is 10.1 Å². The summed E-state index contributed by atoms with van der Waals surface area (Å²) >= 11 is 12.7. The van der Waals surface area contributed by atoms with E-state index in [2.05, 4.69) is 36.5 Å². The lowest BCUT2D eigenvalue weighted by molar-refractivity contribution is 0.306. The van der Waals surface area contributed by atoms with E-state index in [0.29, 0.717) is 22.3 Å². The van der Waals surface area contributed by atoms with Crippen LogP contribution in [0, 0.1) is 5.82 Å². The zero-order chi connectivity index (χ0) is 19.2. The van der Waals surface area contributed by atoms with Gasteiger partial charge in [0.15, 0.2) is 5.75 Å². The molecule has 0 saturated heterocycles. The number of halogens is 3. The zero-order valence-corrected chi connectivity index (χ0v) is 16.4. The van der Waals surface area contributed by atoms with E-state index >= 15 is 0 Å². The quantitative estimate of drug-likeness (QED) is 0.463. The van der Waals surface area contributed by atoms with E-state index in [0.717, 1.165) is 23.2 Å². The van der Waals surface area contributed by atoms with Crippen LogP contribution in [0.15, 0.2) is 60.7 Å². The highest BCUT2D eigenvalue weighted by atomic mass is 35.5. The highest BCUT2D eigenvalue weighted by Gasteiger charge is 2.10. The van der Waals surface area contributed by atoms with Crippen molar-refractivity contribution < 1.29 is 9.13 Å². The van der Waals surface area contributed by atoms with Crippen molar-refractivity contribution in [3.63, 3.8) is 0 Å². The number of hydrogen-bond acceptors (Lipinski definition) is 2. The molecule has 1 N–H and O–H groups in total. The summed E-state index contributed by atoms with van der Waals surface area (Å²) in [6, 6.07) is 18.1. The first kappa shape index (κ1) is 19.5. The van der Waals surface area contributed by atoms with Crippen LogP contribution >= 0.6 is 23.2 Å². The zero-order valence-electron chi connectivity index (χ0n) is 14.9. The van der Waals surface area contributed by atoms with Crippen molar-refractivity contribution in [2.24, 2.45) is 0 Å². The second-order valence-electron chi connectivity index (χ2n) is 6.21. The molecular weight excluding hydrogens is 384 g/mol. The molecule has 0 aliphatic heterocycles. The number of hydrogen-bond donors (Lipinski definition) is 1. The lowest BCUT2D eigenvalue weighted by atomic mass is 10.1. The Morgan fingerprint density at radius 1 is 0.852 bits per heavy atom. The van der Waals surface area contributed by atoms with Crippen LogP contribution in [0.25, 0.3) is 0 Å².